The fourth-order valence-corrected chi connectivity index (χ4v) is 1.05. The van der Waals surface area contributed by atoms with Crippen LogP contribution in [0.25, 0.3) is 0 Å². The molecule has 1 aromatic rings. The Labute approximate surface area is 68.6 Å². The predicted molar refractivity (Wildman–Crippen MR) is 41.0 cm³/mol. The highest BCUT2D eigenvalue weighted by Gasteiger charge is 2.02. The van der Waals surface area contributed by atoms with Crippen molar-refractivity contribution in [3.05, 3.63) is 34.6 Å². The van der Waals surface area contributed by atoms with Gasteiger partial charge in [0.25, 0.3) is 0 Å². The number of hydrogen-bond donors (Lipinski definition) is 0. The molecule has 0 atom stereocenters. The van der Waals surface area contributed by atoms with Crippen LogP contribution in [0.3, 0.4) is 0 Å². The molecule has 0 aliphatic heterocycles. The molecule has 0 bridgehead atoms. The SMILES string of the molecule is Fc1c(Cl)cccc1CCl. The Morgan fingerprint density at radius 3 is 2.60 bits per heavy atom. The van der Waals surface area contributed by atoms with Gasteiger partial charge in [-0.05, 0) is 6.07 Å². The Hall–Kier alpha value is -0.270. The van der Waals surface area contributed by atoms with Gasteiger partial charge in [-0.15, -0.1) is 11.6 Å². The summed E-state index contributed by atoms with van der Waals surface area (Å²) >= 11 is 10.9. The zero-order chi connectivity index (χ0) is 7.56. The van der Waals surface area contributed by atoms with Crippen LogP contribution >= 0.6 is 23.2 Å². The van der Waals surface area contributed by atoms with E-state index in [0.29, 0.717) is 5.56 Å². The Morgan fingerprint density at radius 1 is 1.40 bits per heavy atom. The molecule has 3 heteroatoms. The lowest BCUT2D eigenvalue weighted by Crippen LogP contribution is -1.85. The van der Waals surface area contributed by atoms with Gasteiger partial charge in [-0.25, -0.2) is 4.39 Å². The highest BCUT2D eigenvalue weighted by Crippen LogP contribution is 2.18. The lowest BCUT2D eigenvalue weighted by Gasteiger charge is -1.97. The maximum Gasteiger partial charge on any atom is 0.146 e. The van der Waals surface area contributed by atoms with Crippen LogP contribution in [0.2, 0.25) is 5.02 Å². The van der Waals surface area contributed by atoms with Gasteiger partial charge in [0.05, 0.1) is 10.9 Å². The summed E-state index contributed by atoms with van der Waals surface area (Å²) in [6.45, 7) is 0. The topological polar surface area (TPSA) is 0 Å². The van der Waals surface area contributed by atoms with Gasteiger partial charge < -0.3 is 0 Å². The Balaban J connectivity index is 3.14. The van der Waals surface area contributed by atoms with Crippen LogP contribution in [0.5, 0.6) is 0 Å². The van der Waals surface area contributed by atoms with Crippen molar-refractivity contribution in [1.82, 2.24) is 0 Å². The zero-order valence-corrected chi connectivity index (χ0v) is 6.58. The van der Waals surface area contributed by atoms with E-state index in [1.807, 2.05) is 0 Å². The van der Waals surface area contributed by atoms with Crippen LogP contribution in [0.4, 0.5) is 4.39 Å². The first kappa shape index (κ1) is 7.83. The molecule has 0 heterocycles. The quantitative estimate of drug-likeness (QED) is 0.580. The van der Waals surface area contributed by atoms with Crippen molar-refractivity contribution in [2.75, 3.05) is 0 Å². The van der Waals surface area contributed by atoms with Gasteiger partial charge >= 0.3 is 0 Å². The van der Waals surface area contributed by atoms with E-state index in [1.54, 1.807) is 12.1 Å². The molecule has 0 amide bonds. The molecule has 0 N–H and O–H groups in total. The number of halogens is 3. The number of hydrogen-bond acceptors (Lipinski definition) is 0. The van der Waals surface area contributed by atoms with Crippen LogP contribution in [-0.2, 0) is 5.88 Å². The van der Waals surface area contributed by atoms with Gasteiger partial charge in [0.2, 0.25) is 0 Å². The normalized spacial score (nSPS) is 9.90. The molecule has 0 aromatic heterocycles. The summed E-state index contributed by atoms with van der Waals surface area (Å²) in [5, 5.41) is 0.123. The molecule has 0 radical (unpaired) electrons. The standard InChI is InChI=1S/C7H5Cl2F/c8-4-5-2-1-3-6(9)7(5)10/h1-3H,4H2. The van der Waals surface area contributed by atoms with E-state index in [0.717, 1.165) is 0 Å². The molecular weight excluding hydrogens is 174 g/mol. The fraction of sp³-hybridized carbons (Fsp3) is 0.143. The summed E-state index contributed by atoms with van der Waals surface area (Å²) < 4.78 is 12.8. The maximum absolute atomic E-state index is 12.8. The summed E-state index contributed by atoms with van der Waals surface area (Å²) in [6.07, 6.45) is 0. The summed E-state index contributed by atoms with van der Waals surface area (Å²) in [6, 6.07) is 4.77. The number of alkyl halides is 1. The lowest BCUT2D eigenvalue weighted by molar-refractivity contribution is 0.617. The molecule has 1 aromatic carbocycles. The van der Waals surface area contributed by atoms with Crippen LogP contribution in [-0.4, -0.2) is 0 Å². The Morgan fingerprint density at radius 2 is 2.10 bits per heavy atom. The monoisotopic (exact) mass is 178 g/mol. The average Bonchev–Trinajstić information content (AvgIpc) is 1.95. The molecule has 0 nitrogen and oxygen atoms in total. The number of benzene rings is 1. The molecule has 54 valence electrons. The van der Waals surface area contributed by atoms with E-state index in [2.05, 4.69) is 0 Å². The smallest absolute Gasteiger partial charge is 0.146 e. The first-order valence-corrected chi connectivity index (χ1v) is 3.66. The highest BCUT2D eigenvalue weighted by molar-refractivity contribution is 6.30. The second kappa shape index (κ2) is 3.22. The largest absolute Gasteiger partial charge is 0.205 e. The summed E-state index contributed by atoms with van der Waals surface area (Å²) in [5.74, 6) is -0.258. The minimum Gasteiger partial charge on any atom is -0.205 e. The second-order valence-corrected chi connectivity index (χ2v) is 2.52. The van der Waals surface area contributed by atoms with Crippen molar-refractivity contribution in [2.24, 2.45) is 0 Å². The van der Waals surface area contributed by atoms with Crippen molar-refractivity contribution in [3.8, 4) is 0 Å². The highest BCUT2D eigenvalue weighted by atomic mass is 35.5. The third kappa shape index (κ3) is 1.41. The summed E-state index contributed by atoms with van der Waals surface area (Å²) in [5.41, 5.74) is 0.439. The summed E-state index contributed by atoms with van der Waals surface area (Å²) in [4.78, 5) is 0. The van der Waals surface area contributed by atoms with Gasteiger partial charge in [-0.1, -0.05) is 23.7 Å². The zero-order valence-electron chi connectivity index (χ0n) is 5.07. The van der Waals surface area contributed by atoms with Crippen LogP contribution in [0, 0.1) is 5.82 Å². The van der Waals surface area contributed by atoms with Crippen LogP contribution in [0.15, 0.2) is 18.2 Å². The van der Waals surface area contributed by atoms with Crippen molar-refractivity contribution < 1.29 is 4.39 Å². The minimum absolute atomic E-state index is 0.123. The van der Waals surface area contributed by atoms with Gasteiger partial charge in [0, 0.05) is 5.56 Å². The Bertz CT molecular complexity index is 235. The molecule has 0 unspecified atom stereocenters. The number of rotatable bonds is 1. The van der Waals surface area contributed by atoms with E-state index < -0.39 is 5.82 Å². The molecule has 0 aliphatic carbocycles. The minimum atomic E-state index is -0.417. The first-order valence-electron chi connectivity index (χ1n) is 2.74. The van der Waals surface area contributed by atoms with Gasteiger partial charge in [0.15, 0.2) is 0 Å². The maximum atomic E-state index is 12.8. The van der Waals surface area contributed by atoms with Crippen molar-refractivity contribution >= 4 is 23.2 Å². The predicted octanol–water partition coefficient (Wildman–Crippen LogP) is 3.22. The second-order valence-electron chi connectivity index (χ2n) is 1.85. The fourth-order valence-electron chi connectivity index (χ4n) is 0.652. The van der Waals surface area contributed by atoms with Crippen molar-refractivity contribution in [3.63, 3.8) is 0 Å². The Kier molecular flexibility index (Phi) is 2.52. The van der Waals surface area contributed by atoms with Crippen LogP contribution in [0.1, 0.15) is 5.56 Å². The van der Waals surface area contributed by atoms with E-state index in [9.17, 15) is 4.39 Å². The molecule has 10 heavy (non-hydrogen) atoms. The third-order valence-electron chi connectivity index (χ3n) is 1.18. The van der Waals surface area contributed by atoms with E-state index in [4.69, 9.17) is 23.2 Å². The molecule has 0 fully saturated rings. The van der Waals surface area contributed by atoms with Gasteiger partial charge in [-0.2, -0.15) is 0 Å². The van der Waals surface area contributed by atoms with Crippen molar-refractivity contribution in [2.45, 2.75) is 5.88 Å². The van der Waals surface area contributed by atoms with Gasteiger partial charge in [-0.3, -0.25) is 0 Å². The van der Waals surface area contributed by atoms with Crippen molar-refractivity contribution in [1.29, 1.82) is 0 Å². The molecule has 0 aliphatic rings. The molecule has 0 saturated heterocycles. The first-order chi connectivity index (χ1) is 4.75. The molecule has 0 spiro atoms. The third-order valence-corrected chi connectivity index (χ3v) is 1.76. The summed E-state index contributed by atoms with van der Waals surface area (Å²) in [7, 11) is 0. The van der Waals surface area contributed by atoms with E-state index in [-0.39, 0.29) is 10.9 Å². The lowest BCUT2D eigenvalue weighted by atomic mass is 10.2. The van der Waals surface area contributed by atoms with E-state index in [1.165, 1.54) is 6.07 Å². The van der Waals surface area contributed by atoms with E-state index >= 15 is 0 Å². The van der Waals surface area contributed by atoms with Crippen LogP contribution < -0.4 is 0 Å². The average molecular weight is 179 g/mol. The molecule has 1 rings (SSSR count). The molecule has 0 saturated carbocycles. The molecular formula is C7H5Cl2F. The van der Waals surface area contributed by atoms with Gasteiger partial charge in [0.1, 0.15) is 5.82 Å².